The molecule has 4 rings (SSSR count). The smallest absolute Gasteiger partial charge is 0.262 e. The standard InChI is InChI=1S/C19H19ClN2O2S/c1-24-9-8-22-16(11-12-4-2-5-13(20)10-12)21-18-17(19(22)23)14-6-3-7-15(14)25-18/h2,4-5,10H,3,6-9,11H2,1H3. The summed E-state index contributed by atoms with van der Waals surface area (Å²) in [5.74, 6) is 0.775. The predicted molar refractivity (Wildman–Crippen MR) is 102 cm³/mol. The van der Waals surface area contributed by atoms with E-state index in [0.29, 0.717) is 24.6 Å². The molecular formula is C19H19ClN2O2S. The molecule has 4 nitrogen and oxygen atoms in total. The average molecular weight is 375 g/mol. The van der Waals surface area contributed by atoms with Gasteiger partial charge in [-0.25, -0.2) is 4.98 Å². The molecule has 130 valence electrons. The maximum atomic E-state index is 13.2. The molecule has 0 fully saturated rings. The van der Waals surface area contributed by atoms with Gasteiger partial charge in [0.25, 0.3) is 5.56 Å². The van der Waals surface area contributed by atoms with E-state index < -0.39 is 0 Å². The third-order valence-corrected chi connectivity index (χ3v) is 6.09. The number of fused-ring (bicyclic) bond motifs is 3. The van der Waals surface area contributed by atoms with Crippen molar-refractivity contribution in [3.05, 3.63) is 61.5 Å². The molecule has 0 N–H and O–H groups in total. The van der Waals surface area contributed by atoms with Crippen LogP contribution in [0, 0.1) is 0 Å². The van der Waals surface area contributed by atoms with Gasteiger partial charge in [0.05, 0.1) is 18.5 Å². The molecular weight excluding hydrogens is 356 g/mol. The second-order valence-electron chi connectivity index (χ2n) is 6.32. The van der Waals surface area contributed by atoms with Gasteiger partial charge in [-0.3, -0.25) is 9.36 Å². The van der Waals surface area contributed by atoms with Crippen LogP contribution in [-0.2, 0) is 30.5 Å². The van der Waals surface area contributed by atoms with Crippen molar-refractivity contribution in [2.24, 2.45) is 0 Å². The Kier molecular flexibility index (Phi) is 4.63. The van der Waals surface area contributed by atoms with Crippen molar-refractivity contribution in [2.75, 3.05) is 13.7 Å². The highest BCUT2D eigenvalue weighted by molar-refractivity contribution is 7.18. The van der Waals surface area contributed by atoms with Gasteiger partial charge in [0, 0.05) is 23.4 Å². The molecule has 0 aliphatic heterocycles. The van der Waals surface area contributed by atoms with E-state index in [-0.39, 0.29) is 5.56 Å². The van der Waals surface area contributed by atoms with Gasteiger partial charge in [-0.15, -0.1) is 11.3 Å². The zero-order valence-electron chi connectivity index (χ0n) is 14.0. The first-order valence-electron chi connectivity index (χ1n) is 8.44. The number of aryl methyl sites for hydroxylation is 2. The molecule has 0 unspecified atom stereocenters. The Morgan fingerprint density at radius 1 is 1.36 bits per heavy atom. The van der Waals surface area contributed by atoms with Gasteiger partial charge < -0.3 is 4.74 Å². The van der Waals surface area contributed by atoms with Crippen LogP contribution < -0.4 is 5.56 Å². The van der Waals surface area contributed by atoms with Crippen LogP contribution in [0.25, 0.3) is 10.2 Å². The summed E-state index contributed by atoms with van der Waals surface area (Å²) in [4.78, 5) is 20.2. The second-order valence-corrected chi connectivity index (χ2v) is 7.84. The largest absolute Gasteiger partial charge is 0.383 e. The molecule has 25 heavy (non-hydrogen) atoms. The third-order valence-electron chi connectivity index (χ3n) is 4.67. The number of benzene rings is 1. The molecule has 0 amide bonds. The molecule has 2 heterocycles. The monoisotopic (exact) mass is 374 g/mol. The molecule has 1 aliphatic rings. The molecule has 3 aromatic rings. The predicted octanol–water partition coefficient (Wildman–Crippen LogP) is 3.84. The number of hydrogen-bond acceptors (Lipinski definition) is 4. The summed E-state index contributed by atoms with van der Waals surface area (Å²) in [6, 6.07) is 7.71. The molecule has 0 saturated carbocycles. The number of thiophene rings is 1. The number of nitrogens with zero attached hydrogens (tertiary/aromatic N) is 2. The maximum absolute atomic E-state index is 13.2. The molecule has 0 saturated heterocycles. The van der Waals surface area contributed by atoms with Gasteiger partial charge in [0.15, 0.2) is 0 Å². The Balaban J connectivity index is 1.85. The van der Waals surface area contributed by atoms with Gasteiger partial charge in [-0.05, 0) is 42.5 Å². The first-order chi connectivity index (χ1) is 12.2. The summed E-state index contributed by atoms with van der Waals surface area (Å²) >= 11 is 7.78. The lowest BCUT2D eigenvalue weighted by atomic mass is 10.1. The van der Waals surface area contributed by atoms with Crippen molar-refractivity contribution in [2.45, 2.75) is 32.2 Å². The maximum Gasteiger partial charge on any atom is 0.262 e. The zero-order valence-corrected chi connectivity index (χ0v) is 15.6. The van der Waals surface area contributed by atoms with E-state index in [2.05, 4.69) is 0 Å². The van der Waals surface area contributed by atoms with E-state index in [1.165, 1.54) is 10.4 Å². The van der Waals surface area contributed by atoms with E-state index in [1.807, 2.05) is 24.3 Å². The lowest BCUT2D eigenvalue weighted by molar-refractivity contribution is 0.185. The second kappa shape index (κ2) is 6.90. The minimum atomic E-state index is 0.0680. The summed E-state index contributed by atoms with van der Waals surface area (Å²) in [6.45, 7) is 1.00. The van der Waals surface area contributed by atoms with E-state index in [1.54, 1.807) is 23.0 Å². The quantitative estimate of drug-likeness (QED) is 0.681. The molecule has 0 radical (unpaired) electrons. The molecule has 6 heteroatoms. The number of aromatic nitrogens is 2. The minimum Gasteiger partial charge on any atom is -0.383 e. The lowest BCUT2D eigenvalue weighted by Crippen LogP contribution is -2.27. The lowest BCUT2D eigenvalue weighted by Gasteiger charge is -2.13. The Morgan fingerprint density at radius 2 is 2.24 bits per heavy atom. The Bertz CT molecular complexity index is 993. The van der Waals surface area contributed by atoms with Gasteiger partial charge in [-0.1, -0.05) is 23.7 Å². The topological polar surface area (TPSA) is 44.1 Å². The highest BCUT2D eigenvalue weighted by Gasteiger charge is 2.23. The van der Waals surface area contributed by atoms with Crippen LogP contribution in [0.4, 0.5) is 0 Å². The first kappa shape index (κ1) is 16.8. The normalized spacial score (nSPS) is 13.5. The van der Waals surface area contributed by atoms with Gasteiger partial charge in [-0.2, -0.15) is 0 Å². The number of halogens is 1. The van der Waals surface area contributed by atoms with Crippen LogP contribution in [0.5, 0.6) is 0 Å². The van der Waals surface area contributed by atoms with Crippen molar-refractivity contribution in [1.82, 2.24) is 9.55 Å². The van der Waals surface area contributed by atoms with E-state index in [4.69, 9.17) is 21.3 Å². The number of rotatable bonds is 5. The first-order valence-corrected chi connectivity index (χ1v) is 9.64. The summed E-state index contributed by atoms with van der Waals surface area (Å²) in [5, 5.41) is 1.52. The summed E-state index contributed by atoms with van der Waals surface area (Å²) < 4.78 is 6.98. The molecule has 1 aromatic carbocycles. The molecule has 0 atom stereocenters. The number of ether oxygens (including phenoxy) is 1. The highest BCUT2D eigenvalue weighted by Crippen LogP contribution is 2.34. The number of hydrogen-bond donors (Lipinski definition) is 0. The molecule has 0 spiro atoms. The van der Waals surface area contributed by atoms with Crippen LogP contribution in [-0.4, -0.2) is 23.3 Å². The van der Waals surface area contributed by atoms with Crippen molar-refractivity contribution in [3.8, 4) is 0 Å². The van der Waals surface area contributed by atoms with E-state index in [9.17, 15) is 4.79 Å². The van der Waals surface area contributed by atoms with Crippen molar-refractivity contribution in [3.63, 3.8) is 0 Å². The van der Waals surface area contributed by atoms with Crippen LogP contribution >= 0.6 is 22.9 Å². The van der Waals surface area contributed by atoms with Crippen molar-refractivity contribution < 1.29 is 4.74 Å². The van der Waals surface area contributed by atoms with Crippen LogP contribution in [0.2, 0.25) is 5.02 Å². The average Bonchev–Trinajstić information content (AvgIpc) is 3.15. The van der Waals surface area contributed by atoms with Crippen LogP contribution in [0.3, 0.4) is 0 Å². The SMILES string of the molecule is COCCn1c(Cc2cccc(Cl)c2)nc2sc3c(c2c1=O)CCC3. The van der Waals surface area contributed by atoms with Gasteiger partial charge in [0.1, 0.15) is 10.7 Å². The van der Waals surface area contributed by atoms with Crippen LogP contribution in [0.1, 0.15) is 28.2 Å². The van der Waals surface area contributed by atoms with Gasteiger partial charge in [0.2, 0.25) is 0 Å². The molecule has 2 aromatic heterocycles. The molecule has 1 aliphatic carbocycles. The fraction of sp³-hybridized carbons (Fsp3) is 0.368. The fourth-order valence-electron chi connectivity index (χ4n) is 3.50. The zero-order chi connectivity index (χ0) is 17.4. The summed E-state index contributed by atoms with van der Waals surface area (Å²) in [7, 11) is 1.65. The Hall–Kier alpha value is -1.69. The Labute approximate surface area is 155 Å². The number of methoxy groups -OCH3 is 1. The third kappa shape index (κ3) is 3.12. The summed E-state index contributed by atoms with van der Waals surface area (Å²) in [6.07, 6.45) is 3.78. The van der Waals surface area contributed by atoms with Crippen LogP contribution in [0.15, 0.2) is 29.1 Å². The highest BCUT2D eigenvalue weighted by atomic mass is 35.5. The van der Waals surface area contributed by atoms with Gasteiger partial charge >= 0.3 is 0 Å². The summed E-state index contributed by atoms with van der Waals surface area (Å²) in [5.41, 5.74) is 2.34. The molecule has 0 bridgehead atoms. The van der Waals surface area contributed by atoms with Crippen molar-refractivity contribution in [1.29, 1.82) is 0 Å². The fourth-order valence-corrected chi connectivity index (χ4v) is 4.98. The van der Waals surface area contributed by atoms with E-state index >= 15 is 0 Å². The van der Waals surface area contributed by atoms with Crippen molar-refractivity contribution >= 4 is 33.2 Å². The Morgan fingerprint density at radius 3 is 3.04 bits per heavy atom. The van der Waals surface area contributed by atoms with E-state index in [0.717, 1.165) is 40.9 Å². The minimum absolute atomic E-state index is 0.0680.